The number of amidine groups is 1. The van der Waals surface area contributed by atoms with Gasteiger partial charge in [0.1, 0.15) is 0 Å². The van der Waals surface area contributed by atoms with Gasteiger partial charge in [0.25, 0.3) is 0 Å². The Kier molecular flexibility index (Phi) is 3.92. The predicted molar refractivity (Wildman–Crippen MR) is 56.5 cm³/mol. The van der Waals surface area contributed by atoms with E-state index in [9.17, 15) is 4.79 Å². The fourth-order valence-electron chi connectivity index (χ4n) is 1.74. The normalized spacial score (nSPS) is 16.1. The number of carbonyl (C=O) groups excluding carboxylic acids is 1. The van der Waals surface area contributed by atoms with E-state index < -0.39 is 0 Å². The minimum Gasteiger partial charge on any atom is -0.351 e. The smallest absolute Gasteiger partial charge is 0.242 e. The van der Waals surface area contributed by atoms with Gasteiger partial charge in [-0.25, -0.2) is 0 Å². The SMILES string of the molecule is CCN(CC)C(=O)CN1CCCC1=N. The molecule has 0 bridgehead atoms. The Morgan fingerprint density at radius 3 is 2.57 bits per heavy atom. The third kappa shape index (κ3) is 2.47. The highest BCUT2D eigenvalue weighted by Crippen LogP contribution is 2.09. The monoisotopic (exact) mass is 197 g/mol. The molecule has 0 atom stereocenters. The molecule has 0 spiro atoms. The molecule has 0 unspecified atom stereocenters. The summed E-state index contributed by atoms with van der Waals surface area (Å²) in [5.74, 6) is 0.757. The lowest BCUT2D eigenvalue weighted by atomic mass is 10.4. The lowest BCUT2D eigenvalue weighted by molar-refractivity contribution is -0.131. The van der Waals surface area contributed by atoms with Crippen LogP contribution in [0.15, 0.2) is 0 Å². The molecule has 0 radical (unpaired) electrons. The summed E-state index contributed by atoms with van der Waals surface area (Å²) in [6, 6.07) is 0. The maximum atomic E-state index is 11.7. The molecular formula is C10H19N3O. The van der Waals surface area contributed by atoms with E-state index in [1.165, 1.54) is 0 Å². The predicted octanol–water partition coefficient (Wildman–Crippen LogP) is 0.928. The van der Waals surface area contributed by atoms with Crippen molar-refractivity contribution in [2.24, 2.45) is 0 Å². The number of likely N-dealkylation sites (N-methyl/N-ethyl adjacent to an activating group) is 1. The minimum atomic E-state index is 0.140. The molecule has 1 N–H and O–H groups in total. The topological polar surface area (TPSA) is 47.4 Å². The summed E-state index contributed by atoms with van der Waals surface area (Å²) in [7, 11) is 0. The van der Waals surface area contributed by atoms with Crippen molar-refractivity contribution >= 4 is 11.7 Å². The van der Waals surface area contributed by atoms with Crippen LogP contribution in [0.4, 0.5) is 0 Å². The van der Waals surface area contributed by atoms with Crippen LogP contribution >= 0.6 is 0 Å². The Morgan fingerprint density at radius 2 is 2.14 bits per heavy atom. The Balaban J connectivity index is 2.43. The second kappa shape index (κ2) is 4.98. The number of likely N-dealkylation sites (tertiary alicyclic amines) is 1. The summed E-state index contributed by atoms with van der Waals surface area (Å²) in [5, 5.41) is 7.61. The first kappa shape index (κ1) is 11.0. The van der Waals surface area contributed by atoms with Crippen LogP contribution in [-0.2, 0) is 4.79 Å². The molecule has 14 heavy (non-hydrogen) atoms. The van der Waals surface area contributed by atoms with Crippen molar-refractivity contribution in [3.05, 3.63) is 0 Å². The Morgan fingerprint density at radius 1 is 1.50 bits per heavy atom. The van der Waals surface area contributed by atoms with Crippen molar-refractivity contribution in [1.29, 1.82) is 5.41 Å². The Hall–Kier alpha value is -1.06. The van der Waals surface area contributed by atoms with Gasteiger partial charge in [-0.15, -0.1) is 0 Å². The van der Waals surface area contributed by atoms with E-state index >= 15 is 0 Å². The molecule has 0 aromatic rings. The number of hydrogen-bond acceptors (Lipinski definition) is 2. The van der Waals surface area contributed by atoms with Gasteiger partial charge in [0, 0.05) is 26.1 Å². The maximum Gasteiger partial charge on any atom is 0.242 e. The fraction of sp³-hybridized carbons (Fsp3) is 0.800. The highest BCUT2D eigenvalue weighted by molar-refractivity contribution is 5.87. The molecule has 0 aromatic heterocycles. The highest BCUT2D eigenvalue weighted by atomic mass is 16.2. The Labute approximate surface area is 85.4 Å². The molecule has 1 saturated heterocycles. The van der Waals surface area contributed by atoms with Crippen LogP contribution < -0.4 is 0 Å². The van der Waals surface area contributed by atoms with E-state index in [4.69, 9.17) is 5.41 Å². The van der Waals surface area contributed by atoms with Gasteiger partial charge in [-0.1, -0.05) is 0 Å². The third-order valence-electron chi connectivity index (χ3n) is 2.67. The number of nitrogens with one attached hydrogen (secondary N) is 1. The Bertz CT molecular complexity index is 223. The molecule has 1 heterocycles. The fourth-order valence-corrected chi connectivity index (χ4v) is 1.74. The average molecular weight is 197 g/mol. The molecule has 1 fully saturated rings. The molecule has 1 aliphatic rings. The molecule has 1 aliphatic heterocycles. The highest BCUT2D eigenvalue weighted by Gasteiger charge is 2.21. The zero-order valence-corrected chi connectivity index (χ0v) is 9.05. The molecular weight excluding hydrogens is 178 g/mol. The molecule has 0 aromatic carbocycles. The summed E-state index contributed by atoms with van der Waals surface area (Å²) in [6.45, 7) is 6.74. The molecule has 0 aliphatic carbocycles. The summed E-state index contributed by atoms with van der Waals surface area (Å²) in [4.78, 5) is 15.4. The van der Waals surface area contributed by atoms with Crippen LogP contribution in [0, 0.1) is 5.41 Å². The van der Waals surface area contributed by atoms with Crippen LogP contribution in [0.1, 0.15) is 26.7 Å². The number of carbonyl (C=O) groups is 1. The number of nitrogens with zero attached hydrogens (tertiary/aromatic N) is 2. The second-order valence-corrected chi connectivity index (χ2v) is 3.54. The summed E-state index contributed by atoms with van der Waals surface area (Å²) in [6.07, 6.45) is 1.84. The first-order valence-electron chi connectivity index (χ1n) is 5.29. The summed E-state index contributed by atoms with van der Waals surface area (Å²) < 4.78 is 0. The molecule has 1 amide bonds. The van der Waals surface area contributed by atoms with Gasteiger partial charge in [-0.3, -0.25) is 10.2 Å². The van der Waals surface area contributed by atoms with Gasteiger partial charge in [0.05, 0.1) is 12.4 Å². The van der Waals surface area contributed by atoms with Crippen molar-refractivity contribution in [1.82, 2.24) is 9.80 Å². The summed E-state index contributed by atoms with van der Waals surface area (Å²) >= 11 is 0. The summed E-state index contributed by atoms with van der Waals surface area (Å²) in [5.41, 5.74) is 0. The van der Waals surface area contributed by atoms with Crippen molar-refractivity contribution in [2.75, 3.05) is 26.2 Å². The lowest BCUT2D eigenvalue weighted by Gasteiger charge is -2.23. The van der Waals surface area contributed by atoms with Gasteiger partial charge in [-0.2, -0.15) is 0 Å². The van der Waals surface area contributed by atoms with Gasteiger partial charge in [-0.05, 0) is 20.3 Å². The number of amides is 1. The first-order valence-corrected chi connectivity index (χ1v) is 5.29. The van der Waals surface area contributed by atoms with E-state index in [-0.39, 0.29) is 5.91 Å². The molecule has 1 rings (SSSR count). The van der Waals surface area contributed by atoms with Crippen LogP contribution in [0.5, 0.6) is 0 Å². The lowest BCUT2D eigenvalue weighted by Crippen LogP contribution is -2.40. The molecule has 0 saturated carbocycles. The largest absolute Gasteiger partial charge is 0.351 e. The van der Waals surface area contributed by atoms with Crippen LogP contribution in [0.25, 0.3) is 0 Å². The zero-order valence-electron chi connectivity index (χ0n) is 9.05. The average Bonchev–Trinajstić information content (AvgIpc) is 2.54. The zero-order chi connectivity index (χ0) is 10.6. The van der Waals surface area contributed by atoms with Crippen molar-refractivity contribution in [2.45, 2.75) is 26.7 Å². The van der Waals surface area contributed by atoms with Crippen molar-refractivity contribution in [3.8, 4) is 0 Å². The quantitative estimate of drug-likeness (QED) is 0.728. The molecule has 4 heteroatoms. The number of hydrogen-bond donors (Lipinski definition) is 1. The van der Waals surface area contributed by atoms with Crippen LogP contribution in [0.2, 0.25) is 0 Å². The van der Waals surface area contributed by atoms with E-state index in [0.29, 0.717) is 12.4 Å². The van der Waals surface area contributed by atoms with E-state index in [2.05, 4.69) is 0 Å². The van der Waals surface area contributed by atoms with E-state index in [1.54, 1.807) is 0 Å². The maximum absolute atomic E-state index is 11.7. The van der Waals surface area contributed by atoms with E-state index in [1.807, 2.05) is 23.6 Å². The third-order valence-corrected chi connectivity index (χ3v) is 2.67. The first-order chi connectivity index (χ1) is 6.69. The van der Waals surface area contributed by atoms with E-state index in [0.717, 1.165) is 32.5 Å². The van der Waals surface area contributed by atoms with Crippen LogP contribution in [0.3, 0.4) is 0 Å². The molecule has 4 nitrogen and oxygen atoms in total. The molecule has 80 valence electrons. The van der Waals surface area contributed by atoms with Gasteiger partial charge in [0.15, 0.2) is 0 Å². The van der Waals surface area contributed by atoms with Gasteiger partial charge >= 0.3 is 0 Å². The standard InChI is InChI=1S/C10H19N3O/c1-3-12(4-2)10(14)8-13-7-5-6-9(13)11/h11H,3-8H2,1-2H3. The van der Waals surface area contributed by atoms with Gasteiger partial charge in [0.2, 0.25) is 5.91 Å². The minimum absolute atomic E-state index is 0.140. The number of rotatable bonds is 4. The van der Waals surface area contributed by atoms with Crippen LogP contribution in [-0.4, -0.2) is 47.7 Å². The van der Waals surface area contributed by atoms with Crippen molar-refractivity contribution in [3.63, 3.8) is 0 Å². The second-order valence-electron chi connectivity index (χ2n) is 3.54. The van der Waals surface area contributed by atoms with Gasteiger partial charge < -0.3 is 9.80 Å². The van der Waals surface area contributed by atoms with Crippen molar-refractivity contribution < 1.29 is 4.79 Å².